The van der Waals surface area contributed by atoms with Crippen LogP contribution in [0.15, 0.2) is 46.1 Å². The molecule has 0 aliphatic heterocycles. The molecule has 4 aliphatic rings. The lowest BCUT2D eigenvalue weighted by Gasteiger charge is -2.44. The lowest BCUT2D eigenvalue weighted by atomic mass is 9.60. The number of carbonyl (C=O) groups excluding carboxylic acids is 1. The summed E-state index contributed by atoms with van der Waals surface area (Å²) in [6.45, 7) is 17.0. The van der Waals surface area contributed by atoms with Gasteiger partial charge in [-0.3, -0.25) is 4.79 Å². The molecule has 1 aromatic heterocycles. The molecule has 7 atom stereocenters. The van der Waals surface area contributed by atoms with Crippen molar-refractivity contribution in [1.82, 2.24) is 4.98 Å². The number of nitrogens with zero attached hydrogens (tertiary/aromatic N) is 1. The Balaban J connectivity index is 1.30. The maximum absolute atomic E-state index is 13.2. The zero-order valence-electron chi connectivity index (χ0n) is 28.9. The second-order valence-electron chi connectivity index (χ2n) is 16.3. The number of rotatable bonds is 11. The molecule has 0 amide bonds. The van der Waals surface area contributed by atoms with E-state index in [1.54, 1.807) is 0 Å². The fourth-order valence-corrected chi connectivity index (χ4v) is 8.86. The van der Waals surface area contributed by atoms with Crippen LogP contribution in [-0.2, 0) is 21.4 Å². The van der Waals surface area contributed by atoms with Crippen molar-refractivity contribution in [2.75, 3.05) is 0 Å². The van der Waals surface area contributed by atoms with Crippen LogP contribution in [0.5, 0.6) is 0 Å². The fraction of sp³-hybridized carbons (Fsp3) is 0.744. The molecule has 5 rings (SSSR count). The van der Waals surface area contributed by atoms with Gasteiger partial charge in [-0.1, -0.05) is 51.5 Å². The Labute approximate surface area is 271 Å². The summed E-state index contributed by atoms with van der Waals surface area (Å²) in [4.78, 5) is 18.0. The van der Waals surface area contributed by atoms with Gasteiger partial charge in [0.25, 0.3) is 0 Å². The van der Waals surface area contributed by atoms with Gasteiger partial charge in [-0.2, -0.15) is 0 Å². The summed E-state index contributed by atoms with van der Waals surface area (Å²) in [5, 5.41) is 20.5. The third kappa shape index (κ3) is 7.22. The predicted molar refractivity (Wildman–Crippen MR) is 178 cm³/mol. The number of esters is 1. The van der Waals surface area contributed by atoms with Crippen LogP contribution in [0.3, 0.4) is 0 Å². The monoisotopic (exact) mass is 621 g/mol. The predicted octanol–water partition coefficient (Wildman–Crippen LogP) is 8.56. The van der Waals surface area contributed by atoms with Crippen LogP contribution in [0, 0.1) is 28.6 Å². The Morgan fingerprint density at radius 1 is 1.20 bits per heavy atom. The van der Waals surface area contributed by atoms with Gasteiger partial charge in [-0.05, 0) is 126 Å². The Kier molecular flexibility index (Phi) is 10.3. The van der Waals surface area contributed by atoms with E-state index < -0.39 is 17.6 Å². The normalized spacial score (nSPS) is 32.8. The van der Waals surface area contributed by atoms with E-state index in [0.717, 1.165) is 74.2 Å². The molecule has 4 saturated carbocycles. The van der Waals surface area contributed by atoms with Gasteiger partial charge in [0.05, 0.1) is 29.2 Å². The van der Waals surface area contributed by atoms with Gasteiger partial charge in [0.15, 0.2) is 0 Å². The number of oxazole rings is 1. The number of carbonyl (C=O) groups is 1. The number of ether oxygens (including phenoxy) is 1. The van der Waals surface area contributed by atoms with E-state index in [4.69, 9.17) is 14.1 Å². The van der Waals surface area contributed by atoms with Crippen LogP contribution in [-0.4, -0.2) is 39.5 Å². The number of aromatic nitrogens is 1. The number of aliphatic hydroxyl groups is 2. The van der Waals surface area contributed by atoms with Gasteiger partial charge >= 0.3 is 5.97 Å². The molecule has 0 spiro atoms. The van der Waals surface area contributed by atoms with Crippen molar-refractivity contribution in [2.45, 2.75) is 155 Å². The number of allylic oxidation sites excluding steroid dienone is 3. The lowest BCUT2D eigenvalue weighted by Crippen LogP contribution is -2.38. The molecule has 6 heteroatoms. The van der Waals surface area contributed by atoms with Crippen molar-refractivity contribution in [3.05, 3.63) is 53.3 Å². The van der Waals surface area contributed by atoms with Crippen molar-refractivity contribution >= 4 is 5.97 Å². The number of aryl methyl sites for hydroxylation is 1. The summed E-state index contributed by atoms with van der Waals surface area (Å²) in [5.74, 6) is 3.24. The molecule has 0 unspecified atom stereocenters. The van der Waals surface area contributed by atoms with Crippen molar-refractivity contribution < 1.29 is 24.2 Å². The Bertz CT molecular complexity index is 1280. The minimum Gasteiger partial charge on any atom is -0.461 e. The highest BCUT2D eigenvalue weighted by molar-refractivity contribution is 5.75. The van der Waals surface area contributed by atoms with E-state index in [1.165, 1.54) is 31.3 Å². The van der Waals surface area contributed by atoms with Gasteiger partial charge in [0, 0.05) is 12.8 Å². The molecule has 0 saturated heterocycles. The van der Waals surface area contributed by atoms with E-state index >= 15 is 0 Å². The standard InChI is InChI=1S/C39H59NO5/c1-8-9-12-30-24-40-35(44-30)39(20-21-39)34(45-36(43)37(4,5)6)18-13-25(2)31-16-17-32-27(11-10-19-38(31,32)7)14-15-28-22-29(41)23-33(42)26(28)3/h14-15,24-25,29,31-34,41-42H,3,8-13,16-23H2,1-2,4-7H3/t25-,29-,31-,32+,33+,34-,38-/m1/s1. The van der Waals surface area contributed by atoms with Gasteiger partial charge in [-0.25, -0.2) is 4.98 Å². The molecule has 250 valence electrons. The molecule has 4 aliphatic carbocycles. The largest absolute Gasteiger partial charge is 0.461 e. The molecule has 45 heavy (non-hydrogen) atoms. The van der Waals surface area contributed by atoms with Gasteiger partial charge < -0.3 is 19.4 Å². The first-order chi connectivity index (χ1) is 21.3. The first kappa shape index (κ1) is 34.2. The average molecular weight is 622 g/mol. The van der Waals surface area contributed by atoms with E-state index in [2.05, 4.69) is 39.5 Å². The SMILES string of the molecule is C=C1C(=CC=C2CCC[C@]3(C)[C@@H]([C@H](C)CC[C@@H](OC(=O)C(C)(C)C)C4(c5ncc(CCCC)o5)CC4)CC[C@@H]23)C[C@@H](O)C[C@@H]1O. The molecule has 0 radical (unpaired) electrons. The zero-order chi connectivity index (χ0) is 32.6. The molecule has 4 fully saturated rings. The number of hydrogen-bond donors (Lipinski definition) is 2. The van der Waals surface area contributed by atoms with E-state index in [0.29, 0.717) is 30.6 Å². The van der Waals surface area contributed by atoms with Crippen LogP contribution in [0.25, 0.3) is 0 Å². The molecule has 2 N–H and O–H groups in total. The first-order valence-corrected chi connectivity index (χ1v) is 17.9. The summed E-state index contributed by atoms with van der Waals surface area (Å²) >= 11 is 0. The van der Waals surface area contributed by atoms with Gasteiger partial charge in [0.1, 0.15) is 11.9 Å². The fourth-order valence-electron chi connectivity index (χ4n) is 8.86. The van der Waals surface area contributed by atoms with Gasteiger partial charge in [-0.15, -0.1) is 0 Å². The maximum atomic E-state index is 13.2. The average Bonchev–Trinajstić information content (AvgIpc) is 3.50. The summed E-state index contributed by atoms with van der Waals surface area (Å²) in [7, 11) is 0. The minimum absolute atomic E-state index is 0.144. The number of aliphatic hydroxyl groups excluding tert-OH is 2. The smallest absolute Gasteiger partial charge is 0.311 e. The second kappa shape index (κ2) is 13.5. The van der Waals surface area contributed by atoms with E-state index in [-0.39, 0.29) is 22.9 Å². The van der Waals surface area contributed by atoms with Crippen molar-refractivity contribution in [1.29, 1.82) is 0 Å². The molecule has 6 nitrogen and oxygen atoms in total. The molecule has 0 aromatic carbocycles. The third-order valence-corrected chi connectivity index (χ3v) is 11.9. The number of unbranched alkanes of at least 4 members (excludes halogenated alkanes) is 1. The van der Waals surface area contributed by atoms with Crippen molar-refractivity contribution in [3.8, 4) is 0 Å². The number of fused-ring (bicyclic) bond motifs is 1. The maximum Gasteiger partial charge on any atom is 0.311 e. The second-order valence-corrected chi connectivity index (χ2v) is 16.3. The summed E-state index contributed by atoms with van der Waals surface area (Å²) in [6, 6.07) is 0. The summed E-state index contributed by atoms with van der Waals surface area (Å²) < 4.78 is 12.7. The summed E-state index contributed by atoms with van der Waals surface area (Å²) in [6.07, 6.45) is 18.7. The Morgan fingerprint density at radius 3 is 2.64 bits per heavy atom. The lowest BCUT2D eigenvalue weighted by molar-refractivity contribution is -0.161. The Morgan fingerprint density at radius 2 is 1.96 bits per heavy atom. The molecule has 1 aromatic rings. The van der Waals surface area contributed by atoms with E-state index in [9.17, 15) is 15.0 Å². The topological polar surface area (TPSA) is 92.8 Å². The molecule has 1 heterocycles. The minimum atomic E-state index is -0.653. The Hall–Kier alpha value is -2.18. The van der Waals surface area contributed by atoms with Crippen LogP contribution < -0.4 is 0 Å². The van der Waals surface area contributed by atoms with Crippen LogP contribution in [0.4, 0.5) is 0 Å². The van der Waals surface area contributed by atoms with Crippen LogP contribution >= 0.6 is 0 Å². The highest BCUT2D eigenvalue weighted by atomic mass is 16.5. The zero-order valence-corrected chi connectivity index (χ0v) is 28.9. The van der Waals surface area contributed by atoms with E-state index in [1.807, 2.05) is 27.0 Å². The third-order valence-electron chi connectivity index (χ3n) is 11.9. The van der Waals surface area contributed by atoms with Crippen LogP contribution in [0.1, 0.15) is 137 Å². The highest BCUT2D eigenvalue weighted by Gasteiger charge is 2.57. The molecular weight excluding hydrogens is 562 g/mol. The first-order valence-electron chi connectivity index (χ1n) is 17.9. The quantitative estimate of drug-likeness (QED) is 0.241. The molecular formula is C39H59NO5. The summed E-state index contributed by atoms with van der Waals surface area (Å²) in [5.41, 5.74) is 2.64. The number of hydrogen-bond acceptors (Lipinski definition) is 6. The van der Waals surface area contributed by atoms with Crippen molar-refractivity contribution in [3.63, 3.8) is 0 Å². The molecule has 0 bridgehead atoms. The van der Waals surface area contributed by atoms with Gasteiger partial charge in [0.2, 0.25) is 5.89 Å². The van der Waals surface area contributed by atoms with Crippen molar-refractivity contribution in [2.24, 2.45) is 28.6 Å². The van der Waals surface area contributed by atoms with Crippen LogP contribution in [0.2, 0.25) is 0 Å². The highest BCUT2D eigenvalue weighted by Crippen LogP contribution is 2.60.